The van der Waals surface area contributed by atoms with Gasteiger partial charge < -0.3 is 22.6 Å². The van der Waals surface area contributed by atoms with Gasteiger partial charge in [0, 0.05) is 5.19 Å². The lowest BCUT2D eigenvalue weighted by atomic mass is 10.4. The summed E-state index contributed by atoms with van der Waals surface area (Å²) < 4.78 is 27.6. The number of hydrogen-bond acceptors (Lipinski definition) is 5. The Hall–Kier alpha value is -0.592. The molecular weight excluding hydrogens is 276 g/mol. The van der Waals surface area contributed by atoms with E-state index in [1.54, 1.807) is 30.3 Å². The largest absolute Gasteiger partial charge is 0.555 e. The topological polar surface area (TPSA) is 83.8 Å². The summed E-state index contributed by atoms with van der Waals surface area (Å²) in [5.41, 5.74) is 0. The standard InChI is InChI=1S/C7H12O5Si4/c1-16(11,7-5-3-2-4-6-7)12-14(9)15(10)13-8/h2-6,8,11H,13H2,1H3. The van der Waals surface area contributed by atoms with Crippen molar-refractivity contribution < 1.29 is 22.6 Å². The van der Waals surface area contributed by atoms with Crippen molar-refractivity contribution in [2.75, 3.05) is 0 Å². The average molecular weight is 289 g/mol. The lowest BCUT2D eigenvalue weighted by molar-refractivity contribution is 0.379. The number of hydrogen-bond donors (Lipinski definition) is 2. The maximum absolute atomic E-state index is 11.4. The van der Waals surface area contributed by atoms with Crippen LogP contribution >= 0.6 is 0 Å². The second-order valence-corrected chi connectivity index (χ2v) is 16.3. The van der Waals surface area contributed by atoms with Crippen molar-refractivity contribution in [2.45, 2.75) is 6.55 Å². The van der Waals surface area contributed by atoms with Crippen LogP contribution in [0.1, 0.15) is 0 Å². The predicted octanol–water partition coefficient (Wildman–Crippen LogP) is -2.03. The highest BCUT2D eigenvalue weighted by Crippen LogP contribution is 2.01. The average Bonchev–Trinajstić information content (AvgIpc) is 2.28. The molecule has 9 heteroatoms. The summed E-state index contributed by atoms with van der Waals surface area (Å²) in [5, 5.41) is 0.572. The van der Waals surface area contributed by atoms with Crippen LogP contribution in [0.15, 0.2) is 30.3 Å². The van der Waals surface area contributed by atoms with Gasteiger partial charge in [-0.15, -0.1) is 0 Å². The Morgan fingerprint density at radius 2 is 1.88 bits per heavy atom. The van der Waals surface area contributed by atoms with E-state index in [4.69, 9.17) is 8.91 Å². The summed E-state index contributed by atoms with van der Waals surface area (Å²) in [6, 6.07) is 8.62. The van der Waals surface area contributed by atoms with Gasteiger partial charge in [-0.2, -0.15) is 0 Å². The third kappa shape index (κ3) is 3.46. The molecule has 1 rings (SSSR count). The van der Waals surface area contributed by atoms with Crippen molar-refractivity contribution in [3.63, 3.8) is 0 Å². The molecule has 1 aromatic rings. The zero-order chi connectivity index (χ0) is 12.2. The van der Waals surface area contributed by atoms with Crippen molar-refractivity contribution in [1.29, 1.82) is 0 Å². The van der Waals surface area contributed by atoms with Gasteiger partial charge in [0.15, 0.2) is 0 Å². The molecule has 0 amide bonds. The first-order valence-electron chi connectivity index (χ1n) is 4.62. The van der Waals surface area contributed by atoms with Gasteiger partial charge in [-0.05, 0) is 6.55 Å². The fraction of sp³-hybridized carbons (Fsp3) is 0.143. The van der Waals surface area contributed by atoms with Crippen LogP contribution in [0.25, 0.3) is 0 Å². The summed E-state index contributed by atoms with van der Waals surface area (Å²) in [5.74, 6) is 0. The first kappa shape index (κ1) is 13.5. The SMILES string of the molecule is C[Si](O)(O[Si](=O)[Si](=O)[SiH2]O)c1ccccc1. The Labute approximate surface area is 98.9 Å². The zero-order valence-corrected chi connectivity index (χ0v) is 13.1. The number of benzene rings is 1. The molecule has 1 unspecified atom stereocenters. The molecule has 2 N–H and O–H groups in total. The Bertz CT molecular complexity index is 393. The third-order valence-electron chi connectivity index (χ3n) is 1.97. The van der Waals surface area contributed by atoms with E-state index < -0.39 is 34.0 Å². The second-order valence-electron chi connectivity index (χ2n) is 3.32. The van der Waals surface area contributed by atoms with Gasteiger partial charge in [-0.1, -0.05) is 30.3 Å². The van der Waals surface area contributed by atoms with Crippen molar-refractivity contribution in [2.24, 2.45) is 0 Å². The molecule has 0 bridgehead atoms. The van der Waals surface area contributed by atoms with E-state index in [-0.39, 0.29) is 0 Å². The first-order chi connectivity index (χ1) is 7.47. The lowest BCUT2D eigenvalue weighted by Crippen LogP contribution is -2.52. The van der Waals surface area contributed by atoms with E-state index in [9.17, 15) is 13.7 Å². The molecule has 0 radical (unpaired) electrons. The Kier molecular flexibility index (Phi) is 4.76. The van der Waals surface area contributed by atoms with Gasteiger partial charge in [0.05, 0.1) is 0 Å². The normalized spacial score (nSPS) is 14.7. The van der Waals surface area contributed by atoms with Crippen LogP contribution < -0.4 is 5.19 Å². The third-order valence-corrected chi connectivity index (χ3v) is 13.6. The second kappa shape index (κ2) is 5.65. The van der Waals surface area contributed by atoms with E-state index in [0.717, 1.165) is 0 Å². The van der Waals surface area contributed by atoms with Crippen molar-refractivity contribution in [3.05, 3.63) is 30.3 Å². The lowest BCUT2D eigenvalue weighted by Gasteiger charge is -2.20. The van der Waals surface area contributed by atoms with Crippen molar-refractivity contribution in [1.82, 2.24) is 0 Å². The minimum atomic E-state index is -3.25. The quantitative estimate of drug-likeness (QED) is 0.610. The smallest absolute Gasteiger partial charge is 0.528 e. The number of rotatable bonds is 5. The van der Waals surface area contributed by atoms with Crippen LogP contribution in [-0.2, 0) is 13.0 Å². The molecule has 0 aromatic heterocycles. The van der Waals surface area contributed by atoms with E-state index in [1.807, 2.05) is 0 Å². The molecule has 1 aromatic carbocycles. The van der Waals surface area contributed by atoms with Crippen LogP contribution in [0.5, 0.6) is 0 Å². The molecule has 0 aliphatic heterocycles. The predicted molar refractivity (Wildman–Crippen MR) is 64.6 cm³/mol. The summed E-state index contributed by atoms with van der Waals surface area (Å²) in [4.78, 5) is 18.8. The van der Waals surface area contributed by atoms with Crippen molar-refractivity contribution >= 4 is 39.2 Å². The molecular formula is C7H12O5Si4. The van der Waals surface area contributed by atoms with Crippen LogP contribution in [0.3, 0.4) is 0 Å². The zero-order valence-electron chi connectivity index (χ0n) is 8.71. The van der Waals surface area contributed by atoms with E-state index >= 15 is 0 Å². The van der Waals surface area contributed by atoms with Crippen LogP contribution in [0.4, 0.5) is 0 Å². The molecule has 0 aliphatic rings. The van der Waals surface area contributed by atoms with Crippen LogP contribution in [0.2, 0.25) is 6.55 Å². The molecule has 5 nitrogen and oxygen atoms in total. The molecule has 86 valence electrons. The van der Waals surface area contributed by atoms with Crippen LogP contribution in [-0.4, -0.2) is 43.6 Å². The van der Waals surface area contributed by atoms with E-state index in [1.165, 1.54) is 6.55 Å². The van der Waals surface area contributed by atoms with Gasteiger partial charge in [0.2, 0.25) is 9.28 Å². The van der Waals surface area contributed by atoms with Crippen molar-refractivity contribution in [3.8, 4) is 0 Å². The molecule has 0 fully saturated rings. The van der Waals surface area contributed by atoms with Gasteiger partial charge in [0.25, 0.3) is 0 Å². The molecule has 1 atom stereocenters. The van der Waals surface area contributed by atoms with Gasteiger partial charge in [-0.3, -0.25) is 0 Å². The van der Waals surface area contributed by atoms with Gasteiger partial charge in [0.1, 0.15) is 0 Å². The fourth-order valence-corrected chi connectivity index (χ4v) is 10.7. The maximum Gasteiger partial charge on any atom is 0.528 e. The Morgan fingerprint density at radius 1 is 1.31 bits per heavy atom. The summed E-state index contributed by atoms with van der Waals surface area (Å²) in [6.07, 6.45) is 0. The molecule has 0 spiro atoms. The van der Waals surface area contributed by atoms with E-state index in [0.29, 0.717) is 5.19 Å². The highest BCUT2D eigenvalue weighted by molar-refractivity contribution is 7.32. The molecule has 0 heterocycles. The first-order valence-corrected chi connectivity index (χ1v) is 13.7. The minimum Gasteiger partial charge on any atom is -0.555 e. The molecule has 16 heavy (non-hydrogen) atoms. The Morgan fingerprint density at radius 3 is 2.38 bits per heavy atom. The molecule has 0 saturated carbocycles. The van der Waals surface area contributed by atoms with Crippen LogP contribution in [0, 0.1) is 0 Å². The minimum absolute atomic E-state index is 0.572. The Balaban J connectivity index is 2.80. The van der Waals surface area contributed by atoms with Gasteiger partial charge in [-0.25, -0.2) is 0 Å². The molecule has 0 aliphatic carbocycles. The molecule has 0 saturated heterocycles. The summed E-state index contributed by atoms with van der Waals surface area (Å²) in [6.45, 7) is 1.47. The van der Waals surface area contributed by atoms with Gasteiger partial charge >= 0.3 is 24.7 Å². The highest BCUT2D eigenvalue weighted by atomic mass is 29.6. The maximum atomic E-state index is 11.4. The van der Waals surface area contributed by atoms with E-state index in [2.05, 4.69) is 0 Å². The highest BCUT2D eigenvalue weighted by Gasteiger charge is 2.37. The fourth-order valence-electron chi connectivity index (χ4n) is 1.11. The summed E-state index contributed by atoms with van der Waals surface area (Å²) >= 11 is 0. The summed E-state index contributed by atoms with van der Waals surface area (Å²) in [7, 11) is -10.4. The monoisotopic (exact) mass is 288 g/mol.